The van der Waals surface area contributed by atoms with Gasteiger partial charge in [0.25, 0.3) is 0 Å². The second-order valence-electron chi connectivity index (χ2n) is 3.62. The first-order valence-corrected chi connectivity index (χ1v) is 5.92. The summed E-state index contributed by atoms with van der Waals surface area (Å²) in [6.07, 6.45) is -1.46. The smallest absolute Gasteiger partial charge is 0.384 e. The van der Waals surface area contributed by atoms with Crippen LogP contribution in [0.3, 0.4) is 0 Å². The Kier molecular flexibility index (Phi) is 3.52. The first-order valence-electron chi connectivity index (χ1n) is 5.11. The normalized spacial score (nSPS) is 11.5. The second-order valence-corrected chi connectivity index (χ2v) is 4.68. The number of aromatic nitrogens is 2. The fraction of sp³-hybridized carbons (Fsp3) is 0.0909. The van der Waals surface area contributed by atoms with Crippen LogP contribution in [0, 0.1) is 5.41 Å². The highest BCUT2D eigenvalue weighted by atomic mass is 32.2. The molecule has 1 aromatic heterocycles. The summed E-state index contributed by atoms with van der Waals surface area (Å²) in [5.74, 6) is -0.609. The number of alkyl halides is 3. The molecule has 0 saturated carbocycles. The summed E-state index contributed by atoms with van der Waals surface area (Å²) in [5.41, 5.74) is 3.91. The topological polar surface area (TPSA) is 78.6 Å². The predicted octanol–water partition coefficient (Wildman–Crippen LogP) is 2.86. The molecule has 1 aromatic carbocycles. The van der Waals surface area contributed by atoms with Crippen LogP contribution in [-0.4, -0.2) is 15.8 Å². The van der Waals surface area contributed by atoms with Crippen LogP contribution in [0.1, 0.15) is 11.1 Å². The molecule has 0 atom stereocenters. The molecule has 0 radical (unpaired) electrons. The number of nitrogens with zero attached hydrogens (tertiary/aromatic N) is 1. The summed E-state index contributed by atoms with van der Waals surface area (Å²) < 4.78 is 38.6. The van der Waals surface area contributed by atoms with Gasteiger partial charge in [0, 0.05) is 22.9 Å². The number of H-pyrrole nitrogens is 1. The minimum absolute atomic E-state index is 0.323. The van der Waals surface area contributed by atoms with E-state index >= 15 is 0 Å². The maximum Gasteiger partial charge on any atom is 0.417 e. The van der Waals surface area contributed by atoms with E-state index in [1.807, 2.05) is 0 Å². The molecule has 0 bridgehead atoms. The summed E-state index contributed by atoms with van der Waals surface area (Å²) in [6.45, 7) is 0. The van der Waals surface area contributed by atoms with Gasteiger partial charge in [-0.05, 0) is 18.2 Å². The van der Waals surface area contributed by atoms with Gasteiger partial charge in [-0.2, -0.15) is 13.2 Å². The average Bonchev–Trinajstić information content (AvgIpc) is 2.80. The minimum Gasteiger partial charge on any atom is -0.384 e. The lowest BCUT2D eigenvalue weighted by Gasteiger charge is -2.13. The van der Waals surface area contributed by atoms with Crippen LogP contribution >= 0.6 is 11.8 Å². The van der Waals surface area contributed by atoms with Crippen molar-refractivity contribution in [2.75, 3.05) is 0 Å². The minimum atomic E-state index is -4.55. The highest BCUT2D eigenvalue weighted by Gasteiger charge is 2.34. The van der Waals surface area contributed by atoms with Gasteiger partial charge in [0.05, 0.1) is 5.56 Å². The van der Waals surface area contributed by atoms with Gasteiger partial charge in [-0.15, -0.1) is 0 Å². The summed E-state index contributed by atoms with van der Waals surface area (Å²) in [7, 11) is 0. The van der Waals surface area contributed by atoms with Gasteiger partial charge < -0.3 is 10.7 Å². The third-order valence-corrected chi connectivity index (χ3v) is 3.18. The average molecular weight is 286 g/mol. The Balaban J connectivity index is 2.41. The van der Waals surface area contributed by atoms with Crippen molar-refractivity contribution in [1.82, 2.24) is 9.97 Å². The van der Waals surface area contributed by atoms with Crippen molar-refractivity contribution in [1.29, 1.82) is 5.41 Å². The van der Waals surface area contributed by atoms with E-state index in [2.05, 4.69) is 9.97 Å². The molecule has 0 unspecified atom stereocenters. The molecule has 0 amide bonds. The Morgan fingerprint density at radius 3 is 2.63 bits per heavy atom. The van der Waals surface area contributed by atoms with Crippen molar-refractivity contribution in [3.63, 3.8) is 0 Å². The zero-order valence-electron chi connectivity index (χ0n) is 9.45. The SMILES string of the molecule is N=C(N)c1ccc(Sc2ncc[nH]2)cc1C(F)(F)F. The number of benzene rings is 1. The zero-order chi connectivity index (χ0) is 14.0. The third-order valence-electron chi connectivity index (χ3n) is 2.27. The largest absolute Gasteiger partial charge is 0.417 e. The number of nitrogen functional groups attached to an aromatic ring is 1. The van der Waals surface area contributed by atoms with E-state index in [0.29, 0.717) is 10.1 Å². The van der Waals surface area contributed by atoms with E-state index in [1.54, 1.807) is 6.20 Å². The molecule has 0 fully saturated rings. The number of imidazole rings is 1. The molecule has 4 N–H and O–H groups in total. The number of hydrogen-bond acceptors (Lipinski definition) is 3. The van der Waals surface area contributed by atoms with Crippen molar-refractivity contribution in [3.05, 3.63) is 41.7 Å². The standard InChI is InChI=1S/C11H9F3N4S/c12-11(13,14)8-5-6(1-2-7(8)9(15)16)19-10-17-3-4-18-10/h1-5H,(H3,15,16)(H,17,18). The third kappa shape index (κ3) is 3.08. The lowest BCUT2D eigenvalue weighted by atomic mass is 10.1. The Morgan fingerprint density at radius 1 is 1.37 bits per heavy atom. The molecular formula is C11H9F3N4S. The summed E-state index contributed by atoms with van der Waals surface area (Å²) in [4.78, 5) is 7.07. The maximum absolute atomic E-state index is 12.9. The highest BCUT2D eigenvalue weighted by Crippen LogP contribution is 2.35. The van der Waals surface area contributed by atoms with Crippen molar-refractivity contribution in [3.8, 4) is 0 Å². The van der Waals surface area contributed by atoms with E-state index in [1.165, 1.54) is 18.3 Å². The van der Waals surface area contributed by atoms with Crippen LogP contribution in [0.25, 0.3) is 0 Å². The maximum atomic E-state index is 12.9. The first kappa shape index (κ1) is 13.5. The van der Waals surface area contributed by atoms with E-state index in [-0.39, 0.29) is 5.56 Å². The molecule has 2 rings (SSSR count). The predicted molar refractivity (Wildman–Crippen MR) is 65.2 cm³/mol. The van der Waals surface area contributed by atoms with Gasteiger partial charge in [0.15, 0.2) is 5.16 Å². The number of halogens is 3. The quantitative estimate of drug-likeness (QED) is 0.599. The van der Waals surface area contributed by atoms with Crippen LogP contribution in [-0.2, 0) is 6.18 Å². The number of amidine groups is 1. The second kappa shape index (κ2) is 4.96. The molecule has 19 heavy (non-hydrogen) atoms. The van der Waals surface area contributed by atoms with Gasteiger partial charge in [-0.1, -0.05) is 11.8 Å². The van der Waals surface area contributed by atoms with Crippen LogP contribution < -0.4 is 5.73 Å². The molecular weight excluding hydrogens is 277 g/mol. The molecule has 8 heteroatoms. The first-order chi connectivity index (χ1) is 8.88. The molecule has 0 aliphatic rings. The van der Waals surface area contributed by atoms with E-state index in [9.17, 15) is 13.2 Å². The van der Waals surface area contributed by atoms with Gasteiger partial charge >= 0.3 is 6.18 Å². The summed E-state index contributed by atoms with van der Waals surface area (Å²) >= 11 is 1.07. The lowest BCUT2D eigenvalue weighted by molar-refractivity contribution is -0.137. The zero-order valence-corrected chi connectivity index (χ0v) is 10.3. The Morgan fingerprint density at radius 2 is 2.11 bits per heavy atom. The molecule has 0 saturated heterocycles. The van der Waals surface area contributed by atoms with Crippen molar-refractivity contribution >= 4 is 17.6 Å². The van der Waals surface area contributed by atoms with Crippen molar-refractivity contribution in [2.24, 2.45) is 5.73 Å². The van der Waals surface area contributed by atoms with Crippen LogP contribution in [0.5, 0.6) is 0 Å². The lowest BCUT2D eigenvalue weighted by Crippen LogP contribution is -2.18. The van der Waals surface area contributed by atoms with E-state index in [0.717, 1.165) is 17.8 Å². The molecule has 0 spiro atoms. The number of hydrogen-bond donors (Lipinski definition) is 3. The Hall–Kier alpha value is -1.96. The van der Waals surface area contributed by atoms with Crippen LogP contribution in [0.4, 0.5) is 13.2 Å². The van der Waals surface area contributed by atoms with Gasteiger partial charge in [-0.25, -0.2) is 4.98 Å². The fourth-order valence-electron chi connectivity index (χ4n) is 1.47. The molecule has 100 valence electrons. The Bertz CT molecular complexity index is 592. The van der Waals surface area contributed by atoms with Gasteiger partial charge in [0.1, 0.15) is 5.84 Å². The van der Waals surface area contributed by atoms with Crippen LogP contribution in [0.15, 0.2) is 40.6 Å². The van der Waals surface area contributed by atoms with E-state index < -0.39 is 17.6 Å². The molecule has 0 aliphatic heterocycles. The molecule has 1 heterocycles. The molecule has 4 nitrogen and oxygen atoms in total. The van der Waals surface area contributed by atoms with Gasteiger partial charge in [0.2, 0.25) is 0 Å². The summed E-state index contributed by atoms with van der Waals surface area (Å²) in [6, 6.07) is 3.62. The fourth-order valence-corrected chi connectivity index (χ4v) is 2.25. The van der Waals surface area contributed by atoms with Crippen molar-refractivity contribution < 1.29 is 13.2 Å². The highest BCUT2D eigenvalue weighted by molar-refractivity contribution is 7.99. The Labute approximate surface area is 110 Å². The number of nitrogens with two attached hydrogens (primary N) is 1. The van der Waals surface area contributed by atoms with E-state index in [4.69, 9.17) is 11.1 Å². The monoisotopic (exact) mass is 286 g/mol. The van der Waals surface area contributed by atoms with Gasteiger partial charge in [-0.3, -0.25) is 5.41 Å². The number of aromatic amines is 1. The molecule has 2 aromatic rings. The van der Waals surface area contributed by atoms with Crippen LogP contribution in [0.2, 0.25) is 0 Å². The number of nitrogens with one attached hydrogen (secondary N) is 2. The van der Waals surface area contributed by atoms with Crippen molar-refractivity contribution in [2.45, 2.75) is 16.2 Å². The number of rotatable bonds is 3. The summed E-state index contributed by atoms with van der Waals surface area (Å²) in [5, 5.41) is 7.67. The molecule has 0 aliphatic carbocycles.